The lowest BCUT2D eigenvalue weighted by Crippen LogP contribution is -2.11. The third-order valence-electron chi connectivity index (χ3n) is 4.64. The van der Waals surface area contributed by atoms with E-state index in [2.05, 4.69) is 10.2 Å². The molecule has 3 aromatic rings. The lowest BCUT2D eigenvalue weighted by molar-refractivity contribution is 0.0526. The van der Waals surface area contributed by atoms with Gasteiger partial charge in [-0.3, -0.25) is 0 Å². The second-order valence-electron chi connectivity index (χ2n) is 6.92. The van der Waals surface area contributed by atoms with Crippen LogP contribution in [0.4, 0.5) is 0 Å². The topological polar surface area (TPSA) is 91.2 Å². The van der Waals surface area contributed by atoms with Crippen molar-refractivity contribution in [2.75, 3.05) is 6.61 Å². The molecule has 0 unspecified atom stereocenters. The average molecular weight is 460 g/mol. The summed E-state index contributed by atoms with van der Waals surface area (Å²) >= 11 is 1.47. The van der Waals surface area contributed by atoms with Gasteiger partial charge in [0.25, 0.3) is 0 Å². The highest BCUT2D eigenvalue weighted by atomic mass is 32.2. The standard InChI is InChI=1S/C22H25N3O4S2/c1-4-25-20(15-31(27,28)19-12-6-16(3)7-13-19)23-24-22(25)30-14-17-8-10-18(11-9-17)21(26)29-5-2/h6-13H,4-5,14-15H2,1-3H3. The van der Waals surface area contributed by atoms with Gasteiger partial charge in [0.05, 0.1) is 17.1 Å². The Bertz CT molecular complexity index is 1140. The Labute approximate surface area is 186 Å². The first kappa shape index (κ1) is 23.0. The Kier molecular flexibility index (Phi) is 7.50. The van der Waals surface area contributed by atoms with Gasteiger partial charge in [0, 0.05) is 12.3 Å². The van der Waals surface area contributed by atoms with Crippen molar-refractivity contribution in [3.8, 4) is 0 Å². The summed E-state index contributed by atoms with van der Waals surface area (Å²) in [6, 6.07) is 14.0. The number of ether oxygens (including phenoxy) is 1. The summed E-state index contributed by atoms with van der Waals surface area (Å²) in [7, 11) is -3.51. The van der Waals surface area contributed by atoms with E-state index in [-0.39, 0.29) is 16.6 Å². The molecule has 0 aliphatic rings. The minimum Gasteiger partial charge on any atom is -0.462 e. The van der Waals surface area contributed by atoms with Crippen LogP contribution in [0.1, 0.15) is 41.2 Å². The average Bonchev–Trinajstić information content (AvgIpc) is 3.13. The number of aromatic nitrogens is 3. The first-order valence-corrected chi connectivity index (χ1v) is 12.6. The first-order chi connectivity index (χ1) is 14.8. The summed E-state index contributed by atoms with van der Waals surface area (Å²) in [5.74, 6) is 0.493. The van der Waals surface area contributed by atoms with Gasteiger partial charge < -0.3 is 9.30 Å². The zero-order valence-electron chi connectivity index (χ0n) is 17.7. The van der Waals surface area contributed by atoms with Gasteiger partial charge in [-0.25, -0.2) is 13.2 Å². The minimum absolute atomic E-state index is 0.203. The number of hydrogen-bond acceptors (Lipinski definition) is 7. The van der Waals surface area contributed by atoms with Crippen molar-refractivity contribution in [2.45, 2.75) is 48.9 Å². The van der Waals surface area contributed by atoms with Gasteiger partial charge in [0.1, 0.15) is 11.6 Å². The summed E-state index contributed by atoms with van der Waals surface area (Å²) in [6.07, 6.45) is 0. The second-order valence-corrected chi connectivity index (χ2v) is 9.85. The smallest absolute Gasteiger partial charge is 0.338 e. The highest BCUT2D eigenvalue weighted by Crippen LogP contribution is 2.24. The second kappa shape index (κ2) is 10.1. The van der Waals surface area contributed by atoms with E-state index < -0.39 is 9.84 Å². The van der Waals surface area contributed by atoms with Crippen LogP contribution >= 0.6 is 11.8 Å². The molecule has 9 heteroatoms. The van der Waals surface area contributed by atoms with E-state index >= 15 is 0 Å². The Hall–Kier alpha value is -2.65. The molecule has 1 aromatic heterocycles. The van der Waals surface area contributed by atoms with Crippen molar-refractivity contribution in [2.24, 2.45) is 0 Å². The minimum atomic E-state index is -3.51. The largest absolute Gasteiger partial charge is 0.462 e. The molecule has 0 aliphatic carbocycles. The Morgan fingerprint density at radius 2 is 1.71 bits per heavy atom. The number of sulfone groups is 1. The van der Waals surface area contributed by atoms with Gasteiger partial charge in [-0.05, 0) is 50.6 Å². The van der Waals surface area contributed by atoms with Crippen LogP contribution in [0.3, 0.4) is 0 Å². The maximum atomic E-state index is 12.8. The fraction of sp³-hybridized carbons (Fsp3) is 0.318. The van der Waals surface area contributed by atoms with Crippen molar-refractivity contribution < 1.29 is 17.9 Å². The van der Waals surface area contributed by atoms with E-state index in [1.165, 1.54) is 11.8 Å². The SMILES string of the molecule is CCOC(=O)c1ccc(CSc2nnc(CS(=O)(=O)c3ccc(C)cc3)n2CC)cc1. The van der Waals surface area contributed by atoms with Gasteiger partial charge in [-0.1, -0.05) is 41.6 Å². The zero-order valence-corrected chi connectivity index (χ0v) is 19.4. The van der Waals surface area contributed by atoms with Crippen LogP contribution in [0, 0.1) is 6.92 Å². The molecule has 0 saturated heterocycles. The number of esters is 1. The van der Waals surface area contributed by atoms with Gasteiger partial charge in [0.2, 0.25) is 0 Å². The van der Waals surface area contributed by atoms with Gasteiger partial charge in [0.15, 0.2) is 15.0 Å². The highest BCUT2D eigenvalue weighted by molar-refractivity contribution is 7.98. The van der Waals surface area contributed by atoms with Crippen LogP contribution in [0.15, 0.2) is 58.6 Å². The van der Waals surface area contributed by atoms with E-state index in [1.54, 1.807) is 43.3 Å². The molecular weight excluding hydrogens is 434 g/mol. The molecule has 0 spiro atoms. The summed E-state index contributed by atoms with van der Waals surface area (Å²) in [5.41, 5.74) is 2.53. The van der Waals surface area contributed by atoms with E-state index in [4.69, 9.17) is 4.74 Å². The number of benzene rings is 2. The molecule has 0 fully saturated rings. The number of nitrogens with zero attached hydrogens (tertiary/aromatic N) is 3. The third-order valence-corrected chi connectivity index (χ3v) is 7.31. The number of hydrogen-bond donors (Lipinski definition) is 0. The lowest BCUT2D eigenvalue weighted by atomic mass is 10.1. The lowest BCUT2D eigenvalue weighted by Gasteiger charge is -2.09. The van der Waals surface area contributed by atoms with Crippen molar-refractivity contribution in [3.63, 3.8) is 0 Å². The van der Waals surface area contributed by atoms with Crippen LogP contribution in [-0.2, 0) is 32.6 Å². The molecular formula is C22H25N3O4S2. The molecule has 7 nitrogen and oxygen atoms in total. The Balaban J connectivity index is 1.70. The number of carbonyl (C=O) groups is 1. The monoisotopic (exact) mass is 459 g/mol. The molecule has 0 saturated carbocycles. The van der Waals surface area contributed by atoms with Crippen LogP contribution in [0.5, 0.6) is 0 Å². The van der Waals surface area contributed by atoms with Gasteiger partial charge >= 0.3 is 5.97 Å². The summed E-state index contributed by atoms with van der Waals surface area (Å²) < 4.78 is 32.4. The molecule has 164 valence electrons. The molecule has 0 radical (unpaired) electrons. The van der Waals surface area contributed by atoms with Crippen molar-refractivity contribution in [3.05, 3.63) is 71.0 Å². The first-order valence-electron chi connectivity index (χ1n) is 9.94. The predicted molar refractivity (Wildman–Crippen MR) is 120 cm³/mol. The van der Waals surface area contributed by atoms with Crippen LogP contribution in [-0.4, -0.2) is 35.8 Å². The molecule has 0 amide bonds. The van der Waals surface area contributed by atoms with Crippen molar-refractivity contribution in [1.82, 2.24) is 14.8 Å². The maximum absolute atomic E-state index is 12.8. The van der Waals surface area contributed by atoms with E-state index in [0.29, 0.717) is 35.4 Å². The summed E-state index contributed by atoms with van der Waals surface area (Å²) in [6.45, 7) is 6.52. The Morgan fingerprint density at radius 1 is 1.03 bits per heavy atom. The predicted octanol–water partition coefficient (Wildman–Crippen LogP) is 4.05. The van der Waals surface area contributed by atoms with Crippen molar-refractivity contribution in [1.29, 1.82) is 0 Å². The molecule has 0 bridgehead atoms. The highest BCUT2D eigenvalue weighted by Gasteiger charge is 2.21. The number of rotatable bonds is 9. The molecule has 1 heterocycles. The molecule has 2 aromatic carbocycles. The van der Waals surface area contributed by atoms with E-state index in [9.17, 15) is 13.2 Å². The quantitative estimate of drug-likeness (QED) is 0.352. The summed E-state index contributed by atoms with van der Waals surface area (Å²) in [4.78, 5) is 12.0. The summed E-state index contributed by atoms with van der Waals surface area (Å²) in [5, 5.41) is 9.00. The molecule has 0 atom stereocenters. The number of carbonyl (C=O) groups excluding carboxylic acids is 1. The molecule has 0 N–H and O–H groups in total. The number of aryl methyl sites for hydroxylation is 1. The molecule has 3 rings (SSSR count). The molecule has 0 aliphatic heterocycles. The third kappa shape index (κ3) is 5.74. The fourth-order valence-electron chi connectivity index (χ4n) is 2.95. The van der Waals surface area contributed by atoms with Crippen LogP contribution in [0.25, 0.3) is 0 Å². The van der Waals surface area contributed by atoms with Gasteiger partial charge in [-0.15, -0.1) is 10.2 Å². The Morgan fingerprint density at radius 3 is 2.32 bits per heavy atom. The van der Waals surface area contributed by atoms with Crippen LogP contribution in [0.2, 0.25) is 0 Å². The number of thioether (sulfide) groups is 1. The fourth-order valence-corrected chi connectivity index (χ4v) is 5.20. The molecule has 31 heavy (non-hydrogen) atoms. The van der Waals surface area contributed by atoms with Gasteiger partial charge in [-0.2, -0.15) is 0 Å². The van der Waals surface area contributed by atoms with E-state index in [0.717, 1.165) is 11.1 Å². The van der Waals surface area contributed by atoms with Crippen molar-refractivity contribution >= 4 is 27.6 Å². The van der Waals surface area contributed by atoms with E-state index in [1.807, 2.05) is 30.5 Å². The zero-order chi connectivity index (χ0) is 22.4. The normalized spacial score (nSPS) is 11.5. The maximum Gasteiger partial charge on any atom is 0.338 e. The van der Waals surface area contributed by atoms with Crippen LogP contribution < -0.4 is 0 Å².